The monoisotopic (exact) mass is 966 g/mol. The van der Waals surface area contributed by atoms with Crippen LogP contribution in [0.3, 0.4) is 0 Å². The predicted molar refractivity (Wildman–Crippen MR) is 323 cm³/mol. The molecule has 16 rings (SSSR count). The molecular formula is C72H46N4. The Kier molecular flexibility index (Phi) is 9.30. The zero-order valence-corrected chi connectivity index (χ0v) is 41.3. The van der Waals surface area contributed by atoms with E-state index in [1.807, 2.05) is 0 Å². The maximum atomic E-state index is 2.53. The van der Waals surface area contributed by atoms with Crippen molar-refractivity contribution in [2.75, 3.05) is 9.80 Å². The van der Waals surface area contributed by atoms with Crippen LogP contribution in [0.15, 0.2) is 279 Å². The van der Waals surface area contributed by atoms with Crippen molar-refractivity contribution < 1.29 is 0 Å². The van der Waals surface area contributed by atoms with E-state index in [1.54, 1.807) is 0 Å². The van der Waals surface area contributed by atoms with Gasteiger partial charge in [0.1, 0.15) is 0 Å². The lowest BCUT2D eigenvalue weighted by Crippen LogP contribution is -2.10. The number of hydrogen-bond acceptors (Lipinski definition) is 2. The number of aromatic nitrogens is 2. The van der Waals surface area contributed by atoms with E-state index in [4.69, 9.17) is 0 Å². The summed E-state index contributed by atoms with van der Waals surface area (Å²) in [6.07, 6.45) is 0. The average molecular weight is 967 g/mol. The second kappa shape index (κ2) is 16.7. The molecule has 0 saturated heterocycles. The van der Waals surface area contributed by atoms with Crippen LogP contribution in [-0.4, -0.2) is 9.13 Å². The Morgan fingerprint density at radius 3 is 0.974 bits per heavy atom. The van der Waals surface area contributed by atoms with Gasteiger partial charge in [0.15, 0.2) is 0 Å². The lowest BCUT2D eigenvalue weighted by Gasteiger charge is -2.26. The number of nitrogens with zero attached hydrogens (tertiary/aromatic N) is 4. The maximum absolute atomic E-state index is 2.53. The van der Waals surface area contributed by atoms with Gasteiger partial charge in [-0.2, -0.15) is 0 Å². The molecule has 16 aromatic rings. The van der Waals surface area contributed by atoms with Crippen molar-refractivity contribution >= 4 is 132 Å². The molecule has 0 atom stereocenters. The van der Waals surface area contributed by atoms with E-state index in [0.717, 1.165) is 56.5 Å². The van der Waals surface area contributed by atoms with E-state index in [1.165, 1.54) is 86.4 Å². The van der Waals surface area contributed by atoms with Gasteiger partial charge in [0.25, 0.3) is 0 Å². The van der Waals surface area contributed by atoms with Crippen LogP contribution in [-0.2, 0) is 0 Å². The molecule has 0 fully saturated rings. The molecule has 76 heavy (non-hydrogen) atoms. The maximum Gasteiger partial charge on any atom is 0.0626 e. The highest BCUT2D eigenvalue weighted by Gasteiger charge is 2.27. The zero-order chi connectivity index (χ0) is 49.8. The third-order valence-electron chi connectivity index (χ3n) is 15.9. The Morgan fingerprint density at radius 1 is 0.211 bits per heavy atom. The third-order valence-corrected chi connectivity index (χ3v) is 15.9. The number of para-hydroxylation sites is 4. The summed E-state index contributed by atoms with van der Waals surface area (Å²) in [7, 11) is 0. The van der Waals surface area contributed by atoms with Crippen molar-refractivity contribution in [3.05, 3.63) is 279 Å². The molecule has 0 aliphatic carbocycles. The predicted octanol–water partition coefficient (Wildman–Crippen LogP) is 20.0. The zero-order valence-electron chi connectivity index (χ0n) is 41.3. The van der Waals surface area contributed by atoms with Gasteiger partial charge in [0.05, 0.1) is 22.1 Å². The van der Waals surface area contributed by atoms with Crippen LogP contribution in [0, 0.1) is 0 Å². The third kappa shape index (κ3) is 6.31. The SMILES string of the molecule is c1ccc(N(c2ccc3ccccc3c2)c2ccc3c4c5cccc6c5c5c(cccc5c4n(-c4ccccc4)c3c2)c2c3ccc(N(c4ccccc4)c4ccc5ccccc5c4)cc3n(-c3ccccc3)c62)cc1. The number of rotatable bonds is 8. The highest BCUT2D eigenvalue weighted by Crippen LogP contribution is 2.52. The summed E-state index contributed by atoms with van der Waals surface area (Å²) in [5.41, 5.74) is 13.6. The van der Waals surface area contributed by atoms with Crippen molar-refractivity contribution in [2.45, 2.75) is 0 Å². The molecule has 4 heteroatoms. The normalized spacial score (nSPS) is 11.9. The molecule has 0 N–H and O–H groups in total. The van der Waals surface area contributed by atoms with E-state index < -0.39 is 0 Å². The molecule has 0 unspecified atom stereocenters. The Bertz CT molecular complexity index is 4610. The van der Waals surface area contributed by atoms with Crippen LogP contribution in [0.4, 0.5) is 34.1 Å². The number of hydrogen-bond donors (Lipinski definition) is 0. The second-order valence-electron chi connectivity index (χ2n) is 20.1. The van der Waals surface area contributed by atoms with Crippen molar-refractivity contribution in [3.63, 3.8) is 0 Å². The van der Waals surface area contributed by atoms with E-state index in [-0.39, 0.29) is 0 Å². The fourth-order valence-electron chi connectivity index (χ4n) is 12.7. The van der Waals surface area contributed by atoms with E-state index in [9.17, 15) is 0 Å². The first-order valence-corrected chi connectivity index (χ1v) is 26.2. The lowest BCUT2D eigenvalue weighted by molar-refractivity contribution is 1.18. The van der Waals surface area contributed by atoms with Gasteiger partial charge >= 0.3 is 0 Å². The van der Waals surface area contributed by atoms with Gasteiger partial charge in [0.2, 0.25) is 0 Å². The highest BCUT2D eigenvalue weighted by molar-refractivity contribution is 6.44. The van der Waals surface area contributed by atoms with Crippen molar-refractivity contribution in [3.8, 4) is 11.4 Å². The summed E-state index contributed by atoms with van der Waals surface area (Å²) < 4.78 is 5.06. The average Bonchev–Trinajstić information content (AvgIpc) is 4.19. The quantitative estimate of drug-likeness (QED) is 0.141. The molecule has 0 radical (unpaired) electrons. The van der Waals surface area contributed by atoms with Crippen LogP contribution in [0.5, 0.6) is 0 Å². The first kappa shape index (κ1) is 42.4. The highest BCUT2D eigenvalue weighted by atomic mass is 15.2. The molecule has 0 amide bonds. The minimum Gasteiger partial charge on any atom is -0.310 e. The number of anilines is 6. The summed E-state index contributed by atoms with van der Waals surface area (Å²) >= 11 is 0. The first-order chi connectivity index (χ1) is 37.7. The molecule has 4 nitrogen and oxygen atoms in total. The molecule has 2 heterocycles. The summed E-state index contributed by atoms with van der Waals surface area (Å²) in [5.74, 6) is 0. The fourth-order valence-corrected chi connectivity index (χ4v) is 12.7. The molecule has 354 valence electrons. The van der Waals surface area contributed by atoms with Crippen LogP contribution in [0.2, 0.25) is 0 Å². The second-order valence-corrected chi connectivity index (χ2v) is 20.1. The summed E-state index contributed by atoms with van der Waals surface area (Å²) in [4.78, 5) is 4.80. The summed E-state index contributed by atoms with van der Waals surface area (Å²) in [6, 6.07) is 103. The van der Waals surface area contributed by atoms with Crippen molar-refractivity contribution in [1.82, 2.24) is 9.13 Å². The lowest BCUT2D eigenvalue weighted by atomic mass is 9.88. The topological polar surface area (TPSA) is 16.3 Å². The standard InChI is InChI=1S/C72H46N4/c1-5-23-51(24-6-1)73(55-37-35-47-19-13-15-21-49(47)43-55)57-39-41-59-65(45-57)75(53-27-9-3-10-28-53)71-63-33-18-32-62-68(63)67-61(69(59)71)31-17-34-64(67)72-70(62)60-42-40-58(46-66(60)76(72)54-29-11-4-12-30-54)74(52-25-7-2-8-26-52)56-38-36-48-20-14-16-22-50(48)44-56/h1-46H. The molecular weight excluding hydrogens is 921 g/mol. The van der Waals surface area contributed by atoms with E-state index >= 15 is 0 Å². The van der Waals surface area contributed by atoms with Crippen molar-refractivity contribution in [1.29, 1.82) is 0 Å². The van der Waals surface area contributed by atoms with Gasteiger partial charge in [-0.15, -0.1) is 0 Å². The van der Waals surface area contributed by atoms with Gasteiger partial charge in [-0.25, -0.2) is 0 Å². The molecule has 0 aliphatic heterocycles. The minimum absolute atomic E-state index is 1.09. The minimum atomic E-state index is 1.09. The Labute approximate surface area is 438 Å². The van der Waals surface area contributed by atoms with Gasteiger partial charge in [-0.1, -0.05) is 182 Å². The first-order valence-electron chi connectivity index (χ1n) is 26.2. The van der Waals surface area contributed by atoms with Crippen molar-refractivity contribution in [2.24, 2.45) is 0 Å². The van der Waals surface area contributed by atoms with Crippen LogP contribution >= 0.6 is 0 Å². The molecule has 2 aromatic heterocycles. The van der Waals surface area contributed by atoms with Gasteiger partial charge in [-0.3, -0.25) is 0 Å². The summed E-state index contributed by atoms with van der Waals surface area (Å²) in [5, 5.41) is 17.3. The molecule has 0 spiro atoms. The fraction of sp³-hybridized carbons (Fsp3) is 0. The largest absolute Gasteiger partial charge is 0.310 e. The van der Waals surface area contributed by atoms with Crippen LogP contribution in [0.25, 0.3) is 109 Å². The van der Waals surface area contributed by atoms with Crippen LogP contribution in [0.1, 0.15) is 0 Å². The molecule has 0 aliphatic rings. The van der Waals surface area contributed by atoms with Gasteiger partial charge in [-0.05, 0) is 129 Å². The molecule has 14 aromatic carbocycles. The Morgan fingerprint density at radius 2 is 0.553 bits per heavy atom. The van der Waals surface area contributed by atoms with Crippen LogP contribution < -0.4 is 9.80 Å². The van der Waals surface area contributed by atoms with E-state index in [0.29, 0.717) is 0 Å². The number of benzene rings is 14. The van der Waals surface area contributed by atoms with Gasteiger partial charge in [0, 0.05) is 88.6 Å². The Balaban J connectivity index is 1.01. The van der Waals surface area contributed by atoms with Gasteiger partial charge < -0.3 is 18.9 Å². The Hall–Kier alpha value is -10.2. The molecule has 0 saturated carbocycles. The summed E-state index contributed by atoms with van der Waals surface area (Å²) in [6.45, 7) is 0. The molecule has 0 bridgehead atoms. The smallest absolute Gasteiger partial charge is 0.0626 e. The van der Waals surface area contributed by atoms with E-state index in [2.05, 4.69) is 298 Å². The number of fused-ring (bicyclic) bond motifs is 12.